The highest BCUT2D eigenvalue weighted by Gasteiger charge is 2.23. The Hall–Kier alpha value is -3.37. The van der Waals surface area contributed by atoms with Crippen LogP contribution in [0.3, 0.4) is 0 Å². The first-order valence-corrected chi connectivity index (χ1v) is 11.0. The molecular formula is C22H22FN5O3S. The van der Waals surface area contributed by atoms with E-state index in [9.17, 15) is 14.0 Å². The summed E-state index contributed by atoms with van der Waals surface area (Å²) in [5.74, 6) is -0.825. The molecule has 0 unspecified atom stereocenters. The SMILES string of the molecule is O=C(CN1CCN(C(=O)COc2ccccc2F)CC1)Nc1nnc(-c2ccccc2)s1. The molecule has 2 amide bonds. The summed E-state index contributed by atoms with van der Waals surface area (Å²) in [6, 6.07) is 15.6. The van der Waals surface area contributed by atoms with Crippen molar-refractivity contribution in [1.82, 2.24) is 20.0 Å². The van der Waals surface area contributed by atoms with Gasteiger partial charge in [-0.2, -0.15) is 0 Å². The Morgan fingerprint density at radius 3 is 2.47 bits per heavy atom. The van der Waals surface area contributed by atoms with Crippen molar-refractivity contribution in [3.05, 3.63) is 60.4 Å². The van der Waals surface area contributed by atoms with Gasteiger partial charge in [-0.1, -0.05) is 53.8 Å². The van der Waals surface area contributed by atoms with Gasteiger partial charge in [-0.05, 0) is 12.1 Å². The van der Waals surface area contributed by atoms with Crippen molar-refractivity contribution < 1.29 is 18.7 Å². The van der Waals surface area contributed by atoms with Gasteiger partial charge in [0.2, 0.25) is 11.0 Å². The second kappa shape index (κ2) is 10.3. The van der Waals surface area contributed by atoms with Crippen molar-refractivity contribution in [2.45, 2.75) is 0 Å². The second-order valence-electron chi connectivity index (χ2n) is 7.20. The normalized spacial score (nSPS) is 14.2. The van der Waals surface area contributed by atoms with Crippen LogP contribution in [0.15, 0.2) is 54.6 Å². The highest BCUT2D eigenvalue weighted by molar-refractivity contribution is 7.18. The Balaban J connectivity index is 1.20. The highest BCUT2D eigenvalue weighted by Crippen LogP contribution is 2.25. The van der Waals surface area contributed by atoms with E-state index < -0.39 is 5.82 Å². The van der Waals surface area contributed by atoms with E-state index in [0.717, 1.165) is 10.6 Å². The van der Waals surface area contributed by atoms with Gasteiger partial charge in [-0.25, -0.2) is 4.39 Å². The van der Waals surface area contributed by atoms with E-state index in [1.807, 2.05) is 35.2 Å². The summed E-state index contributed by atoms with van der Waals surface area (Å²) in [6.45, 7) is 2.05. The molecule has 1 N–H and O–H groups in total. The Kier molecular flexibility index (Phi) is 7.03. The van der Waals surface area contributed by atoms with Crippen LogP contribution >= 0.6 is 11.3 Å². The van der Waals surface area contributed by atoms with E-state index in [1.54, 1.807) is 17.0 Å². The molecule has 1 aromatic heterocycles. The van der Waals surface area contributed by atoms with Gasteiger partial charge in [0.15, 0.2) is 18.2 Å². The number of amides is 2. The number of nitrogens with zero attached hydrogens (tertiary/aromatic N) is 4. The zero-order chi connectivity index (χ0) is 22.3. The fraction of sp³-hybridized carbons (Fsp3) is 0.273. The van der Waals surface area contributed by atoms with Gasteiger partial charge in [0.25, 0.3) is 5.91 Å². The first kappa shape index (κ1) is 21.8. The Bertz CT molecular complexity index is 1070. The summed E-state index contributed by atoms with van der Waals surface area (Å²) in [4.78, 5) is 28.3. The van der Waals surface area contributed by atoms with Crippen LogP contribution < -0.4 is 10.1 Å². The number of piperazine rings is 1. The summed E-state index contributed by atoms with van der Waals surface area (Å²) < 4.78 is 18.9. The molecule has 0 atom stereocenters. The molecular weight excluding hydrogens is 433 g/mol. The topological polar surface area (TPSA) is 87.7 Å². The number of ether oxygens (including phenoxy) is 1. The largest absolute Gasteiger partial charge is 0.481 e. The predicted molar refractivity (Wildman–Crippen MR) is 119 cm³/mol. The predicted octanol–water partition coefficient (Wildman–Crippen LogP) is 2.51. The molecule has 3 aromatic rings. The van der Waals surface area contributed by atoms with Crippen LogP contribution in [-0.4, -0.2) is 71.1 Å². The molecule has 8 nitrogen and oxygen atoms in total. The lowest BCUT2D eigenvalue weighted by atomic mass is 10.2. The summed E-state index contributed by atoms with van der Waals surface area (Å²) in [5, 5.41) is 12.1. The summed E-state index contributed by atoms with van der Waals surface area (Å²) >= 11 is 1.32. The van der Waals surface area contributed by atoms with Crippen molar-refractivity contribution in [3.8, 4) is 16.3 Å². The van der Waals surface area contributed by atoms with Crippen LogP contribution in [0.2, 0.25) is 0 Å². The Morgan fingerprint density at radius 1 is 1.00 bits per heavy atom. The van der Waals surface area contributed by atoms with Crippen molar-refractivity contribution >= 4 is 28.3 Å². The van der Waals surface area contributed by atoms with Crippen molar-refractivity contribution in [3.63, 3.8) is 0 Å². The van der Waals surface area contributed by atoms with E-state index in [4.69, 9.17) is 4.74 Å². The second-order valence-corrected chi connectivity index (χ2v) is 8.18. The highest BCUT2D eigenvalue weighted by atomic mass is 32.1. The number of hydrogen-bond acceptors (Lipinski definition) is 7. The van der Waals surface area contributed by atoms with Gasteiger partial charge >= 0.3 is 0 Å². The first-order chi connectivity index (χ1) is 15.6. The molecule has 2 heterocycles. The Labute approximate surface area is 188 Å². The quantitative estimate of drug-likeness (QED) is 0.589. The van der Waals surface area contributed by atoms with Crippen LogP contribution in [0, 0.1) is 5.82 Å². The zero-order valence-electron chi connectivity index (χ0n) is 17.2. The monoisotopic (exact) mass is 455 g/mol. The van der Waals surface area contributed by atoms with E-state index >= 15 is 0 Å². The fourth-order valence-corrected chi connectivity index (χ4v) is 4.05. The van der Waals surface area contributed by atoms with E-state index in [1.165, 1.54) is 23.5 Å². The lowest BCUT2D eigenvalue weighted by Gasteiger charge is -2.34. The molecule has 4 rings (SSSR count). The van der Waals surface area contributed by atoms with Crippen LogP contribution in [0.25, 0.3) is 10.6 Å². The van der Waals surface area contributed by atoms with Gasteiger partial charge in [-0.3, -0.25) is 19.8 Å². The van der Waals surface area contributed by atoms with Gasteiger partial charge in [-0.15, -0.1) is 10.2 Å². The molecule has 0 bridgehead atoms. The van der Waals surface area contributed by atoms with E-state index in [-0.39, 0.29) is 30.7 Å². The lowest BCUT2D eigenvalue weighted by molar-refractivity contribution is -0.135. The van der Waals surface area contributed by atoms with E-state index in [0.29, 0.717) is 31.3 Å². The molecule has 1 saturated heterocycles. The number of benzene rings is 2. The van der Waals surface area contributed by atoms with Crippen molar-refractivity contribution in [1.29, 1.82) is 0 Å². The van der Waals surface area contributed by atoms with Gasteiger partial charge in [0.1, 0.15) is 5.01 Å². The maximum absolute atomic E-state index is 13.6. The minimum absolute atomic E-state index is 0.0586. The van der Waals surface area contributed by atoms with Crippen molar-refractivity contribution in [2.75, 3.05) is 44.6 Å². The standard InChI is InChI=1S/C22H22FN5O3S/c23-17-8-4-5-9-18(17)31-15-20(30)28-12-10-27(11-13-28)14-19(29)24-22-26-25-21(32-22)16-6-2-1-3-7-16/h1-9H,10-15H2,(H,24,26,29). The molecule has 10 heteroatoms. The van der Waals surface area contributed by atoms with E-state index in [2.05, 4.69) is 15.5 Å². The summed E-state index contributed by atoms with van der Waals surface area (Å²) in [7, 11) is 0. The van der Waals surface area contributed by atoms with Crippen LogP contribution in [0.4, 0.5) is 9.52 Å². The summed E-state index contributed by atoms with van der Waals surface area (Å²) in [5.41, 5.74) is 0.949. The number of carbonyl (C=O) groups is 2. The maximum Gasteiger partial charge on any atom is 0.260 e. The van der Waals surface area contributed by atoms with Gasteiger partial charge in [0.05, 0.1) is 6.54 Å². The molecule has 0 radical (unpaired) electrons. The minimum Gasteiger partial charge on any atom is -0.481 e. The third kappa shape index (κ3) is 5.65. The number of hydrogen-bond donors (Lipinski definition) is 1. The molecule has 32 heavy (non-hydrogen) atoms. The molecule has 2 aromatic carbocycles. The molecule has 1 fully saturated rings. The summed E-state index contributed by atoms with van der Waals surface area (Å²) in [6.07, 6.45) is 0. The molecule has 166 valence electrons. The van der Waals surface area contributed by atoms with Crippen LogP contribution in [0.1, 0.15) is 0 Å². The number of rotatable bonds is 7. The first-order valence-electron chi connectivity index (χ1n) is 10.1. The number of para-hydroxylation sites is 1. The number of carbonyl (C=O) groups excluding carboxylic acids is 2. The van der Waals surface area contributed by atoms with Crippen LogP contribution in [-0.2, 0) is 9.59 Å². The average molecular weight is 456 g/mol. The minimum atomic E-state index is -0.498. The third-order valence-electron chi connectivity index (χ3n) is 4.97. The Morgan fingerprint density at radius 2 is 1.72 bits per heavy atom. The van der Waals surface area contributed by atoms with Crippen molar-refractivity contribution in [2.24, 2.45) is 0 Å². The third-order valence-corrected chi connectivity index (χ3v) is 5.86. The smallest absolute Gasteiger partial charge is 0.260 e. The zero-order valence-corrected chi connectivity index (χ0v) is 18.1. The molecule has 1 aliphatic heterocycles. The van der Waals surface area contributed by atoms with Gasteiger partial charge < -0.3 is 9.64 Å². The fourth-order valence-electron chi connectivity index (χ4n) is 3.28. The molecule has 0 aliphatic carbocycles. The maximum atomic E-state index is 13.6. The van der Waals surface area contributed by atoms with Gasteiger partial charge in [0, 0.05) is 31.7 Å². The van der Waals surface area contributed by atoms with Crippen LogP contribution in [0.5, 0.6) is 5.75 Å². The molecule has 0 saturated carbocycles. The number of aromatic nitrogens is 2. The molecule has 0 spiro atoms. The number of halogens is 1. The number of anilines is 1. The molecule has 1 aliphatic rings. The average Bonchev–Trinajstić information content (AvgIpc) is 3.28. The lowest BCUT2D eigenvalue weighted by Crippen LogP contribution is -2.51. The number of nitrogens with one attached hydrogen (secondary N) is 1.